The van der Waals surface area contributed by atoms with Gasteiger partial charge in [0.1, 0.15) is 0 Å². The third kappa shape index (κ3) is 4.10. The average molecular weight is 425 g/mol. The molecule has 0 bridgehead atoms. The fourth-order valence-electron chi connectivity index (χ4n) is 2.79. The largest absolute Gasteiger partial charge is 0.493 e. The highest BCUT2D eigenvalue weighted by atomic mass is 79.9. The van der Waals surface area contributed by atoms with E-state index < -0.39 is 0 Å². The highest BCUT2D eigenvalue weighted by Crippen LogP contribution is 2.37. The van der Waals surface area contributed by atoms with Crippen molar-refractivity contribution < 1.29 is 14.3 Å². The number of amides is 1. The molecule has 0 saturated heterocycles. The lowest BCUT2D eigenvalue weighted by Crippen LogP contribution is -2.32. The van der Waals surface area contributed by atoms with Crippen molar-refractivity contribution in [3.63, 3.8) is 0 Å². The number of benzene rings is 2. The number of hydrogen-bond acceptors (Lipinski definition) is 3. The van der Waals surface area contributed by atoms with Crippen LogP contribution in [0.3, 0.4) is 0 Å². The fraction of sp³-hybridized carbons (Fsp3) is 0.316. The highest BCUT2D eigenvalue weighted by Gasteiger charge is 2.33. The molecular weight excluding hydrogens is 406 g/mol. The van der Waals surface area contributed by atoms with E-state index >= 15 is 0 Å². The van der Waals surface area contributed by atoms with Gasteiger partial charge < -0.3 is 14.4 Å². The monoisotopic (exact) mass is 423 g/mol. The minimum absolute atomic E-state index is 0.0506. The molecule has 0 aliphatic heterocycles. The number of ether oxygens (including phenoxy) is 2. The molecule has 2 aromatic rings. The first kappa shape index (κ1) is 18.1. The lowest BCUT2D eigenvalue weighted by atomic mass is 10.1. The van der Waals surface area contributed by atoms with E-state index in [0.717, 1.165) is 22.9 Å². The molecule has 3 rings (SSSR count). The Morgan fingerprint density at radius 2 is 2.00 bits per heavy atom. The molecule has 0 spiro atoms. The first-order valence-electron chi connectivity index (χ1n) is 8.00. The Hall–Kier alpha value is -1.72. The summed E-state index contributed by atoms with van der Waals surface area (Å²) >= 11 is 9.74. The summed E-state index contributed by atoms with van der Waals surface area (Å²) in [6.07, 6.45) is 2.06. The van der Waals surface area contributed by atoms with E-state index in [4.69, 9.17) is 21.1 Å². The maximum absolute atomic E-state index is 13.1. The van der Waals surface area contributed by atoms with Gasteiger partial charge in [-0.15, -0.1) is 0 Å². The van der Waals surface area contributed by atoms with Gasteiger partial charge in [-0.2, -0.15) is 0 Å². The van der Waals surface area contributed by atoms with Crippen LogP contribution in [0.2, 0.25) is 5.02 Å². The standard InChI is InChI=1S/C19H19BrClNO3/c1-24-17-10-13(9-16(21)18(17)25-2)19(23)22(15-6-7-15)11-12-4-3-5-14(20)8-12/h3-5,8-10,15H,6-7,11H2,1-2H3. The zero-order valence-electron chi connectivity index (χ0n) is 14.1. The van der Waals surface area contributed by atoms with Crippen molar-refractivity contribution in [1.29, 1.82) is 0 Å². The van der Waals surface area contributed by atoms with Gasteiger partial charge in [-0.05, 0) is 42.7 Å². The quantitative estimate of drug-likeness (QED) is 0.660. The van der Waals surface area contributed by atoms with E-state index in [0.29, 0.717) is 28.6 Å². The van der Waals surface area contributed by atoms with E-state index in [1.807, 2.05) is 29.2 Å². The minimum atomic E-state index is -0.0506. The fourth-order valence-corrected chi connectivity index (χ4v) is 3.53. The van der Waals surface area contributed by atoms with Crippen LogP contribution >= 0.6 is 27.5 Å². The van der Waals surface area contributed by atoms with E-state index in [9.17, 15) is 4.79 Å². The zero-order valence-corrected chi connectivity index (χ0v) is 16.4. The second-order valence-corrected chi connectivity index (χ2v) is 7.31. The van der Waals surface area contributed by atoms with E-state index in [-0.39, 0.29) is 11.9 Å². The number of hydrogen-bond donors (Lipinski definition) is 0. The smallest absolute Gasteiger partial charge is 0.254 e. The third-order valence-corrected chi connectivity index (χ3v) is 4.94. The van der Waals surface area contributed by atoms with Crippen molar-refractivity contribution in [3.05, 3.63) is 57.0 Å². The van der Waals surface area contributed by atoms with E-state index in [1.165, 1.54) is 14.2 Å². The molecule has 0 N–H and O–H groups in total. The summed E-state index contributed by atoms with van der Waals surface area (Å²) in [6, 6.07) is 11.6. The predicted octanol–water partition coefficient (Wildman–Crippen LogP) is 4.92. The van der Waals surface area contributed by atoms with Crippen LogP contribution < -0.4 is 9.47 Å². The molecule has 2 aromatic carbocycles. The number of rotatable bonds is 6. The van der Waals surface area contributed by atoms with Gasteiger partial charge in [0.05, 0.1) is 19.2 Å². The molecule has 1 saturated carbocycles. The maximum Gasteiger partial charge on any atom is 0.254 e. The van der Waals surface area contributed by atoms with Crippen LogP contribution in [-0.4, -0.2) is 31.1 Å². The van der Waals surface area contributed by atoms with Gasteiger partial charge in [-0.3, -0.25) is 4.79 Å². The van der Waals surface area contributed by atoms with Crippen LogP contribution in [0.4, 0.5) is 0 Å². The molecule has 0 atom stereocenters. The zero-order chi connectivity index (χ0) is 18.0. The minimum Gasteiger partial charge on any atom is -0.493 e. The molecule has 1 aliphatic carbocycles. The van der Waals surface area contributed by atoms with Gasteiger partial charge in [-0.1, -0.05) is 39.7 Å². The molecule has 0 radical (unpaired) electrons. The molecule has 4 nitrogen and oxygen atoms in total. The molecule has 1 amide bonds. The Morgan fingerprint density at radius 1 is 1.24 bits per heavy atom. The van der Waals surface area contributed by atoms with Gasteiger partial charge in [0.2, 0.25) is 0 Å². The predicted molar refractivity (Wildman–Crippen MR) is 102 cm³/mol. The first-order chi connectivity index (χ1) is 12.0. The Bertz CT molecular complexity index is 792. The summed E-state index contributed by atoms with van der Waals surface area (Å²) in [4.78, 5) is 15.0. The van der Waals surface area contributed by atoms with Crippen LogP contribution in [-0.2, 0) is 6.54 Å². The number of carbonyl (C=O) groups excluding carboxylic acids is 1. The SMILES string of the molecule is COc1cc(C(=O)N(Cc2cccc(Br)c2)C2CC2)cc(Cl)c1OC. The van der Waals surface area contributed by atoms with Crippen LogP contribution in [0.1, 0.15) is 28.8 Å². The summed E-state index contributed by atoms with van der Waals surface area (Å²) in [5, 5.41) is 0.364. The lowest BCUT2D eigenvalue weighted by Gasteiger charge is -2.23. The topological polar surface area (TPSA) is 38.8 Å². The molecule has 1 aliphatic rings. The molecule has 6 heteroatoms. The van der Waals surface area contributed by atoms with Crippen molar-refractivity contribution in [1.82, 2.24) is 4.90 Å². The van der Waals surface area contributed by atoms with Crippen molar-refractivity contribution in [3.8, 4) is 11.5 Å². The summed E-state index contributed by atoms with van der Waals surface area (Å²) < 4.78 is 11.6. The summed E-state index contributed by atoms with van der Waals surface area (Å²) in [5.41, 5.74) is 1.59. The second-order valence-electron chi connectivity index (χ2n) is 5.99. The van der Waals surface area contributed by atoms with Gasteiger partial charge >= 0.3 is 0 Å². The molecule has 0 unspecified atom stereocenters. The summed E-state index contributed by atoms with van der Waals surface area (Å²) in [5.74, 6) is 0.840. The highest BCUT2D eigenvalue weighted by molar-refractivity contribution is 9.10. The average Bonchev–Trinajstić information content (AvgIpc) is 3.43. The third-order valence-electron chi connectivity index (χ3n) is 4.17. The maximum atomic E-state index is 13.1. The number of halogens is 2. The summed E-state index contributed by atoms with van der Waals surface area (Å²) in [6.45, 7) is 0.564. The number of methoxy groups -OCH3 is 2. The lowest BCUT2D eigenvalue weighted by molar-refractivity contribution is 0.0729. The summed E-state index contributed by atoms with van der Waals surface area (Å²) in [7, 11) is 3.05. The van der Waals surface area contributed by atoms with Crippen LogP contribution in [0.25, 0.3) is 0 Å². The Labute approximate surface area is 160 Å². The Morgan fingerprint density at radius 3 is 2.60 bits per heavy atom. The van der Waals surface area contributed by atoms with Crippen LogP contribution in [0.5, 0.6) is 11.5 Å². The van der Waals surface area contributed by atoms with Crippen molar-refractivity contribution in [2.24, 2.45) is 0 Å². The van der Waals surface area contributed by atoms with Crippen molar-refractivity contribution >= 4 is 33.4 Å². The molecule has 132 valence electrons. The molecule has 0 aromatic heterocycles. The normalized spacial score (nSPS) is 13.4. The van der Waals surface area contributed by atoms with E-state index in [1.54, 1.807) is 12.1 Å². The van der Waals surface area contributed by atoms with Gasteiger partial charge in [0, 0.05) is 22.6 Å². The van der Waals surface area contributed by atoms with Gasteiger partial charge in [-0.25, -0.2) is 0 Å². The van der Waals surface area contributed by atoms with Crippen LogP contribution in [0, 0.1) is 0 Å². The van der Waals surface area contributed by atoms with Gasteiger partial charge in [0.15, 0.2) is 11.5 Å². The Balaban J connectivity index is 1.90. The molecule has 0 heterocycles. The second kappa shape index (κ2) is 7.67. The molecule has 1 fully saturated rings. The molecule has 25 heavy (non-hydrogen) atoms. The first-order valence-corrected chi connectivity index (χ1v) is 9.17. The van der Waals surface area contributed by atoms with Crippen molar-refractivity contribution in [2.75, 3.05) is 14.2 Å². The van der Waals surface area contributed by atoms with Crippen molar-refractivity contribution in [2.45, 2.75) is 25.4 Å². The molecular formula is C19H19BrClNO3. The number of nitrogens with zero attached hydrogens (tertiary/aromatic N) is 1. The number of carbonyl (C=O) groups is 1. The Kier molecular flexibility index (Phi) is 5.54. The van der Waals surface area contributed by atoms with Crippen LogP contribution in [0.15, 0.2) is 40.9 Å². The van der Waals surface area contributed by atoms with Gasteiger partial charge in [0.25, 0.3) is 5.91 Å². The van der Waals surface area contributed by atoms with E-state index in [2.05, 4.69) is 15.9 Å².